The maximum absolute atomic E-state index is 14.6. The summed E-state index contributed by atoms with van der Waals surface area (Å²) in [7, 11) is 0. The molecule has 1 saturated heterocycles. The fraction of sp³-hybridized carbons (Fsp3) is 0.478. The molecule has 1 aliphatic carbocycles. The average molecular weight is 431 g/mol. The maximum atomic E-state index is 14.6. The minimum absolute atomic E-state index is 0. The van der Waals surface area contributed by atoms with Crippen LogP contribution in [-0.4, -0.2) is 18.8 Å². The van der Waals surface area contributed by atoms with E-state index in [1.807, 2.05) is 12.1 Å². The van der Waals surface area contributed by atoms with Gasteiger partial charge in [0, 0.05) is 15.6 Å². The highest BCUT2D eigenvalue weighted by atomic mass is 35.5. The number of alkyl halides is 4. The summed E-state index contributed by atoms with van der Waals surface area (Å²) in [6, 6.07) is 11.4. The summed E-state index contributed by atoms with van der Waals surface area (Å²) >= 11 is 0. The predicted molar refractivity (Wildman–Crippen MR) is 109 cm³/mol. The Morgan fingerprint density at radius 3 is 2.52 bits per heavy atom. The van der Waals surface area contributed by atoms with E-state index in [1.54, 1.807) is 18.2 Å². The summed E-state index contributed by atoms with van der Waals surface area (Å²) in [5.74, 6) is 0. The summed E-state index contributed by atoms with van der Waals surface area (Å²) in [6.45, 7) is -0.804. The number of benzene rings is 2. The molecule has 1 nitrogen and oxygen atoms in total. The highest BCUT2D eigenvalue weighted by Gasteiger charge is 2.54. The number of aryl methyl sites for hydroxylation is 2. The van der Waals surface area contributed by atoms with E-state index in [0.29, 0.717) is 19.8 Å². The van der Waals surface area contributed by atoms with E-state index in [4.69, 9.17) is 4.11 Å². The average Bonchev–Trinajstić information content (AvgIpc) is 3.10. The first kappa shape index (κ1) is 18.2. The van der Waals surface area contributed by atoms with Crippen LogP contribution in [0, 0.1) is 6.85 Å². The number of halogens is 5. The van der Waals surface area contributed by atoms with Gasteiger partial charge in [-0.2, -0.15) is 13.2 Å². The van der Waals surface area contributed by atoms with Gasteiger partial charge in [0.15, 0.2) is 0 Å². The summed E-state index contributed by atoms with van der Waals surface area (Å²) in [5, 5.41) is 3.52. The lowest BCUT2D eigenvalue weighted by atomic mass is 9.63. The standard InChI is InChI=1S/C23H25F4N.ClH/c1-15-3-5-16(6-4-15)14-22-11-12-28-20(22)10-7-17-13-18(8-9-19(17)22)21(2,24)23(25,26)27;/h3-6,8-9,13,20,28H,7,10-12,14H2,1-2H3;1H/i1D3;. The topological polar surface area (TPSA) is 12.0 Å². The first-order chi connectivity index (χ1) is 14.3. The molecule has 0 amide bonds. The van der Waals surface area contributed by atoms with Gasteiger partial charge in [-0.15, -0.1) is 12.4 Å². The van der Waals surface area contributed by atoms with Crippen LogP contribution in [-0.2, 0) is 23.9 Å². The van der Waals surface area contributed by atoms with E-state index < -0.39 is 18.7 Å². The molecule has 0 saturated carbocycles. The molecule has 0 bridgehead atoms. The molecule has 3 atom stereocenters. The van der Waals surface area contributed by atoms with Gasteiger partial charge in [-0.3, -0.25) is 0 Å². The smallest absolute Gasteiger partial charge is 0.313 e. The molecule has 2 aromatic carbocycles. The van der Waals surface area contributed by atoms with Crippen LogP contribution in [0.15, 0.2) is 42.5 Å². The maximum Gasteiger partial charge on any atom is 0.426 e. The van der Waals surface area contributed by atoms with Crippen LogP contribution in [0.5, 0.6) is 0 Å². The minimum atomic E-state index is -4.98. The fourth-order valence-electron chi connectivity index (χ4n) is 4.88. The summed E-state index contributed by atoms with van der Waals surface area (Å²) in [6.07, 6.45) is -2.16. The van der Waals surface area contributed by atoms with Crippen molar-refractivity contribution in [1.29, 1.82) is 0 Å². The van der Waals surface area contributed by atoms with Crippen LogP contribution in [0.1, 0.15) is 51.7 Å². The Morgan fingerprint density at radius 1 is 1.14 bits per heavy atom. The fourth-order valence-corrected chi connectivity index (χ4v) is 4.88. The van der Waals surface area contributed by atoms with Crippen LogP contribution >= 0.6 is 12.4 Å². The Labute approximate surface area is 179 Å². The van der Waals surface area contributed by atoms with Crippen molar-refractivity contribution in [1.82, 2.24) is 5.32 Å². The molecular weight excluding hydrogens is 402 g/mol. The van der Waals surface area contributed by atoms with Crippen molar-refractivity contribution in [2.75, 3.05) is 6.54 Å². The van der Waals surface area contributed by atoms with Crippen molar-refractivity contribution in [2.45, 2.75) is 62.8 Å². The molecule has 3 unspecified atom stereocenters. The number of hydrogen-bond donors (Lipinski definition) is 1. The van der Waals surface area contributed by atoms with Crippen LogP contribution < -0.4 is 5.32 Å². The zero-order chi connectivity index (χ0) is 22.7. The number of rotatable bonds is 3. The second kappa shape index (κ2) is 7.59. The molecule has 2 aromatic rings. The van der Waals surface area contributed by atoms with Gasteiger partial charge in [0.1, 0.15) is 0 Å². The van der Waals surface area contributed by atoms with E-state index in [9.17, 15) is 17.6 Å². The Hall–Kier alpha value is -1.59. The third-order valence-corrected chi connectivity index (χ3v) is 6.52. The van der Waals surface area contributed by atoms with Gasteiger partial charge in [0.05, 0.1) is 0 Å². The second-order valence-corrected chi connectivity index (χ2v) is 8.20. The van der Waals surface area contributed by atoms with Crippen molar-refractivity contribution in [3.8, 4) is 0 Å². The van der Waals surface area contributed by atoms with E-state index in [2.05, 4.69) is 5.32 Å². The van der Waals surface area contributed by atoms with Crippen LogP contribution in [0.3, 0.4) is 0 Å². The van der Waals surface area contributed by atoms with E-state index >= 15 is 0 Å². The van der Waals surface area contributed by atoms with Crippen molar-refractivity contribution < 1.29 is 21.7 Å². The van der Waals surface area contributed by atoms with E-state index in [0.717, 1.165) is 36.1 Å². The molecule has 1 heterocycles. The third-order valence-electron chi connectivity index (χ3n) is 6.52. The Morgan fingerprint density at radius 2 is 1.86 bits per heavy atom. The van der Waals surface area contributed by atoms with Gasteiger partial charge in [-0.05, 0) is 68.3 Å². The molecular formula is C23H26ClF4N. The lowest BCUT2D eigenvalue weighted by Crippen LogP contribution is -2.46. The molecule has 29 heavy (non-hydrogen) atoms. The molecule has 1 aliphatic heterocycles. The first-order valence-electron chi connectivity index (χ1n) is 11.1. The molecule has 1 fully saturated rings. The van der Waals surface area contributed by atoms with E-state index in [1.165, 1.54) is 12.1 Å². The predicted octanol–water partition coefficient (Wildman–Crippen LogP) is 5.95. The summed E-state index contributed by atoms with van der Waals surface area (Å²) < 4.78 is 76.8. The molecule has 2 aliphatic rings. The number of nitrogens with one attached hydrogen (secondary N) is 1. The normalized spacial score (nSPS) is 27.5. The van der Waals surface area contributed by atoms with Gasteiger partial charge in [-0.1, -0.05) is 48.0 Å². The van der Waals surface area contributed by atoms with Crippen LogP contribution in [0.4, 0.5) is 17.6 Å². The van der Waals surface area contributed by atoms with Gasteiger partial charge in [0.2, 0.25) is 5.67 Å². The zero-order valence-electron chi connectivity index (χ0n) is 19.1. The lowest BCUT2D eigenvalue weighted by molar-refractivity contribution is -0.228. The molecule has 6 heteroatoms. The minimum Gasteiger partial charge on any atom is -0.313 e. The highest BCUT2D eigenvalue weighted by molar-refractivity contribution is 5.85. The van der Waals surface area contributed by atoms with Crippen LogP contribution in [0.2, 0.25) is 0 Å². The molecule has 0 radical (unpaired) electrons. The largest absolute Gasteiger partial charge is 0.426 e. The zero-order valence-corrected chi connectivity index (χ0v) is 16.9. The van der Waals surface area contributed by atoms with Crippen molar-refractivity contribution >= 4 is 12.4 Å². The van der Waals surface area contributed by atoms with Crippen molar-refractivity contribution in [3.05, 3.63) is 70.3 Å². The molecule has 0 aromatic heterocycles. The number of fused-ring (bicyclic) bond motifs is 3. The third kappa shape index (κ3) is 3.68. The van der Waals surface area contributed by atoms with Crippen LogP contribution in [0.25, 0.3) is 0 Å². The van der Waals surface area contributed by atoms with Crippen molar-refractivity contribution in [2.24, 2.45) is 0 Å². The Balaban J connectivity index is 0.00000289. The Bertz CT molecular complexity index is 973. The second-order valence-electron chi connectivity index (χ2n) is 8.20. The highest BCUT2D eigenvalue weighted by Crippen LogP contribution is 2.48. The monoisotopic (exact) mass is 430 g/mol. The Kier molecular flexibility index (Phi) is 4.76. The quantitative estimate of drug-likeness (QED) is 0.593. The van der Waals surface area contributed by atoms with Crippen molar-refractivity contribution in [3.63, 3.8) is 0 Å². The molecule has 4 rings (SSSR count). The lowest BCUT2D eigenvalue weighted by Gasteiger charge is -2.42. The first-order valence-corrected chi connectivity index (χ1v) is 9.57. The van der Waals surface area contributed by atoms with Gasteiger partial charge in [-0.25, -0.2) is 4.39 Å². The SMILES string of the molecule is Cl.[2H]C([2H])([2H])c1ccc(CC23CCNC2CCc2cc(C(C)(F)C(F)(F)F)ccc23)cc1. The summed E-state index contributed by atoms with van der Waals surface area (Å²) in [4.78, 5) is 0. The summed E-state index contributed by atoms with van der Waals surface area (Å²) in [5.41, 5.74) is -1.08. The molecule has 158 valence electrons. The van der Waals surface area contributed by atoms with E-state index in [-0.39, 0.29) is 35.0 Å². The molecule has 1 N–H and O–H groups in total. The van der Waals surface area contributed by atoms with Gasteiger partial charge < -0.3 is 5.32 Å². The molecule has 0 spiro atoms. The van der Waals surface area contributed by atoms with Gasteiger partial charge >= 0.3 is 6.18 Å². The van der Waals surface area contributed by atoms with Gasteiger partial charge in [0.25, 0.3) is 0 Å². The number of hydrogen-bond acceptors (Lipinski definition) is 1.